The molecule has 0 bridgehead atoms. The number of carbonyl (C=O) groups excluding carboxylic acids is 3. The van der Waals surface area contributed by atoms with E-state index in [4.69, 9.17) is 10.2 Å². The molecule has 0 aliphatic rings. The van der Waals surface area contributed by atoms with Crippen molar-refractivity contribution in [1.29, 1.82) is 0 Å². The van der Waals surface area contributed by atoms with Crippen LogP contribution in [0.3, 0.4) is 0 Å². The van der Waals surface area contributed by atoms with Crippen molar-refractivity contribution in [3.8, 4) is 0 Å². The van der Waals surface area contributed by atoms with Crippen molar-refractivity contribution in [2.75, 3.05) is 12.3 Å². The lowest BCUT2D eigenvalue weighted by atomic mass is 10.1. The molecule has 0 aromatic rings. The predicted molar refractivity (Wildman–Crippen MR) is 90.1 cm³/mol. The summed E-state index contributed by atoms with van der Waals surface area (Å²) in [7, 11) is 0. The number of amides is 3. The van der Waals surface area contributed by atoms with Crippen molar-refractivity contribution in [2.45, 2.75) is 44.7 Å². The first kappa shape index (κ1) is 22.7. The minimum atomic E-state index is -1.25. The maximum Gasteiger partial charge on any atom is 0.322 e. The van der Waals surface area contributed by atoms with Gasteiger partial charge in [0.25, 0.3) is 0 Å². The SMILES string of the molecule is CCCC(=O)N[C@@H](CCC(=O)O)C(=O)N[C@@H](CS)C(=O)NCC(=O)O. The Labute approximate surface area is 150 Å². The lowest BCUT2D eigenvalue weighted by Crippen LogP contribution is -2.55. The van der Waals surface area contributed by atoms with Crippen LogP contribution in [0, 0.1) is 0 Å². The number of carboxylic acids is 2. The van der Waals surface area contributed by atoms with Crippen LogP contribution in [-0.2, 0) is 24.0 Å². The Morgan fingerprint density at radius 3 is 2.04 bits per heavy atom. The smallest absolute Gasteiger partial charge is 0.322 e. The van der Waals surface area contributed by atoms with Gasteiger partial charge in [0, 0.05) is 18.6 Å². The van der Waals surface area contributed by atoms with Crippen LogP contribution in [0.5, 0.6) is 0 Å². The number of carboxylic acid groups (broad SMARTS) is 2. The summed E-state index contributed by atoms with van der Waals surface area (Å²) in [5, 5.41) is 24.1. The Kier molecular flexibility index (Phi) is 11.0. The quantitative estimate of drug-likeness (QED) is 0.232. The van der Waals surface area contributed by atoms with E-state index < -0.39 is 48.3 Å². The van der Waals surface area contributed by atoms with E-state index in [-0.39, 0.29) is 25.0 Å². The highest BCUT2D eigenvalue weighted by Crippen LogP contribution is 2.01. The molecule has 0 radical (unpaired) electrons. The van der Waals surface area contributed by atoms with E-state index in [9.17, 15) is 24.0 Å². The summed E-state index contributed by atoms with van der Waals surface area (Å²) >= 11 is 3.93. The fourth-order valence-corrected chi connectivity index (χ4v) is 2.04. The molecule has 5 N–H and O–H groups in total. The van der Waals surface area contributed by atoms with Crippen molar-refractivity contribution < 1.29 is 34.2 Å². The molecule has 0 fully saturated rings. The van der Waals surface area contributed by atoms with Crippen molar-refractivity contribution in [1.82, 2.24) is 16.0 Å². The van der Waals surface area contributed by atoms with Crippen LogP contribution in [0.15, 0.2) is 0 Å². The third kappa shape index (κ3) is 10.2. The van der Waals surface area contributed by atoms with Gasteiger partial charge >= 0.3 is 11.9 Å². The molecule has 3 amide bonds. The number of hydrogen-bond acceptors (Lipinski definition) is 6. The number of aliphatic carboxylic acids is 2. The normalized spacial score (nSPS) is 12.6. The van der Waals surface area contributed by atoms with E-state index in [1.54, 1.807) is 6.92 Å². The second-order valence-electron chi connectivity index (χ2n) is 5.16. The highest BCUT2D eigenvalue weighted by atomic mass is 32.1. The molecule has 11 heteroatoms. The zero-order valence-corrected chi connectivity index (χ0v) is 14.7. The van der Waals surface area contributed by atoms with Gasteiger partial charge < -0.3 is 26.2 Å². The van der Waals surface area contributed by atoms with Gasteiger partial charge in [-0.15, -0.1) is 0 Å². The van der Waals surface area contributed by atoms with E-state index in [0.717, 1.165) is 0 Å². The molecule has 0 saturated carbocycles. The van der Waals surface area contributed by atoms with Crippen molar-refractivity contribution in [3.63, 3.8) is 0 Å². The monoisotopic (exact) mass is 377 g/mol. The van der Waals surface area contributed by atoms with E-state index in [2.05, 4.69) is 28.6 Å². The van der Waals surface area contributed by atoms with Gasteiger partial charge in [0.15, 0.2) is 0 Å². The van der Waals surface area contributed by atoms with Crippen LogP contribution < -0.4 is 16.0 Å². The standard InChI is InChI=1S/C14H23N3O7S/c1-2-3-10(18)16-8(4-5-11(19)20)14(24)17-9(7-25)13(23)15-6-12(21)22/h8-9,25H,2-7H2,1H3,(H,15,23)(H,16,18)(H,17,24)(H,19,20)(H,21,22)/t8-,9-/m0/s1. The van der Waals surface area contributed by atoms with Gasteiger partial charge in [-0.3, -0.25) is 24.0 Å². The molecule has 10 nitrogen and oxygen atoms in total. The molecule has 0 spiro atoms. The molecule has 0 saturated heterocycles. The van der Waals surface area contributed by atoms with Gasteiger partial charge in [-0.2, -0.15) is 12.6 Å². The van der Waals surface area contributed by atoms with E-state index >= 15 is 0 Å². The van der Waals surface area contributed by atoms with Crippen molar-refractivity contribution >= 4 is 42.3 Å². The average Bonchev–Trinajstić information content (AvgIpc) is 2.53. The van der Waals surface area contributed by atoms with Crippen molar-refractivity contribution in [2.24, 2.45) is 0 Å². The van der Waals surface area contributed by atoms with E-state index in [1.165, 1.54) is 0 Å². The van der Waals surface area contributed by atoms with Gasteiger partial charge in [-0.05, 0) is 12.8 Å². The van der Waals surface area contributed by atoms with Crippen LogP contribution >= 0.6 is 12.6 Å². The van der Waals surface area contributed by atoms with Gasteiger partial charge in [0.05, 0.1) is 0 Å². The summed E-state index contributed by atoms with van der Waals surface area (Å²) in [5.74, 6) is -4.38. The summed E-state index contributed by atoms with van der Waals surface area (Å²) in [6.07, 6.45) is 0.232. The maximum atomic E-state index is 12.3. The molecule has 2 atom stereocenters. The highest BCUT2D eigenvalue weighted by molar-refractivity contribution is 7.80. The Morgan fingerprint density at radius 2 is 1.56 bits per heavy atom. The predicted octanol–water partition coefficient (Wildman–Crippen LogP) is -1.25. The van der Waals surface area contributed by atoms with Crippen molar-refractivity contribution in [3.05, 3.63) is 0 Å². The molecule has 0 aliphatic carbocycles. The summed E-state index contributed by atoms with van der Waals surface area (Å²) in [6.45, 7) is 1.16. The first-order valence-corrected chi connectivity index (χ1v) is 8.26. The Balaban J connectivity index is 4.88. The first-order chi connectivity index (χ1) is 11.7. The number of carbonyl (C=O) groups is 5. The molecule has 0 rings (SSSR count). The minimum Gasteiger partial charge on any atom is -0.481 e. The second-order valence-corrected chi connectivity index (χ2v) is 5.52. The molecule has 0 aromatic carbocycles. The summed E-state index contributed by atoms with van der Waals surface area (Å²) < 4.78 is 0. The number of nitrogens with one attached hydrogen (secondary N) is 3. The fourth-order valence-electron chi connectivity index (χ4n) is 1.78. The lowest BCUT2D eigenvalue weighted by molar-refractivity contribution is -0.138. The zero-order valence-electron chi connectivity index (χ0n) is 13.8. The van der Waals surface area contributed by atoms with Gasteiger partial charge in [0.2, 0.25) is 17.7 Å². The van der Waals surface area contributed by atoms with Crippen LogP contribution in [-0.4, -0.2) is 64.3 Å². The maximum absolute atomic E-state index is 12.3. The van der Waals surface area contributed by atoms with Gasteiger partial charge in [-0.1, -0.05) is 6.92 Å². The Bertz CT molecular complexity index is 513. The minimum absolute atomic E-state index is 0.105. The third-order valence-electron chi connectivity index (χ3n) is 3.01. The molecule has 0 unspecified atom stereocenters. The number of thiol groups is 1. The summed E-state index contributed by atoms with van der Waals surface area (Å²) in [4.78, 5) is 56.9. The zero-order chi connectivity index (χ0) is 19.4. The fraction of sp³-hybridized carbons (Fsp3) is 0.643. The topological polar surface area (TPSA) is 162 Å². The number of hydrogen-bond donors (Lipinski definition) is 6. The third-order valence-corrected chi connectivity index (χ3v) is 3.37. The molecule has 142 valence electrons. The van der Waals surface area contributed by atoms with Crippen LogP contribution in [0.2, 0.25) is 0 Å². The van der Waals surface area contributed by atoms with Crippen LogP contribution in [0.25, 0.3) is 0 Å². The molecule has 0 aromatic heterocycles. The first-order valence-electron chi connectivity index (χ1n) is 7.63. The summed E-state index contributed by atoms with van der Waals surface area (Å²) in [5.41, 5.74) is 0. The van der Waals surface area contributed by atoms with Crippen LogP contribution in [0.4, 0.5) is 0 Å². The molecule has 0 heterocycles. The van der Waals surface area contributed by atoms with E-state index in [0.29, 0.717) is 6.42 Å². The van der Waals surface area contributed by atoms with Crippen LogP contribution in [0.1, 0.15) is 32.6 Å². The Morgan fingerprint density at radius 1 is 0.920 bits per heavy atom. The number of rotatable bonds is 12. The highest BCUT2D eigenvalue weighted by Gasteiger charge is 2.26. The second kappa shape index (κ2) is 12.1. The molecule has 25 heavy (non-hydrogen) atoms. The summed E-state index contributed by atoms with van der Waals surface area (Å²) in [6, 6.07) is -2.24. The van der Waals surface area contributed by atoms with Gasteiger partial charge in [0.1, 0.15) is 18.6 Å². The molecular formula is C14H23N3O7S. The largest absolute Gasteiger partial charge is 0.481 e. The molecule has 0 aliphatic heterocycles. The van der Waals surface area contributed by atoms with Gasteiger partial charge in [-0.25, -0.2) is 0 Å². The lowest BCUT2D eigenvalue weighted by Gasteiger charge is -2.21. The van der Waals surface area contributed by atoms with E-state index in [1.807, 2.05) is 0 Å². The Hall–Kier alpha value is -2.30. The molecular weight excluding hydrogens is 354 g/mol. The average molecular weight is 377 g/mol.